The molecule has 0 spiro atoms. The molecule has 1 aromatic heterocycles. The van der Waals surface area contributed by atoms with Crippen molar-refractivity contribution in [3.63, 3.8) is 0 Å². The van der Waals surface area contributed by atoms with Gasteiger partial charge in [0, 0.05) is 18.1 Å². The standard InChI is InChI=1S/C12H10F3N3/c1-8-6-16-11(17-7-8)18-10-4-2-3-9(5-10)12(13,14)15/h2-7H,1H3,(H,16,17,18). The van der Waals surface area contributed by atoms with Crippen molar-refractivity contribution in [2.24, 2.45) is 0 Å². The fourth-order valence-electron chi connectivity index (χ4n) is 1.36. The molecule has 0 bridgehead atoms. The predicted molar refractivity (Wildman–Crippen MR) is 61.5 cm³/mol. The predicted octanol–water partition coefficient (Wildman–Crippen LogP) is 3.55. The van der Waals surface area contributed by atoms with Gasteiger partial charge in [-0.3, -0.25) is 0 Å². The monoisotopic (exact) mass is 253 g/mol. The second-order valence-corrected chi connectivity index (χ2v) is 3.79. The van der Waals surface area contributed by atoms with Crippen LogP contribution >= 0.6 is 0 Å². The van der Waals surface area contributed by atoms with Gasteiger partial charge in [0.1, 0.15) is 0 Å². The van der Waals surface area contributed by atoms with Gasteiger partial charge in [-0.25, -0.2) is 9.97 Å². The Bertz CT molecular complexity index is 535. The maximum atomic E-state index is 12.5. The fourth-order valence-corrected chi connectivity index (χ4v) is 1.36. The van der Waals surface area contributed by atoms with Crippen molar-refractivity contribution in [2.75, 3.05) is 5.32 Å². The van der Waals surface area contributed by atoms with Gasteiger partial charge in [-0.2, -0.15) is 13.2 Å². The van der Waals surface area contributed by atoms with Crippen LogP contribution in [0.3, 0.4) is 0 Å². The maximum Gasteiger partial charge on any atom is 0.416 e. The summed E-state index contributed by atoms with van der Waals surface area (Å²) in [6.45, 7) is 1.83. The number of aryl methyl sites for hydroxylation is 1. The molecule has 0 fully saturated rings. The first kappa shape index (κ1) is 12.3. The Hall–Kier alpha value is -2.11. The minimum absolute atomic E-state index is 0.264. The van der Waals surface area contributed by atoms with Crippen molar-refractivity contribution in [1.82, 2.24) is 9.97 Å². The van der Waals surface area contributed by atoms with Crippen LogP contribution in [0.15, 0.2) is 36.7 Å². The average molecular weight is 253 g/mol. The molecule has 1 N–H and O–H groups in total. The number of nitrogens with one attached hydrogen (secondary N) is 1. The van der Waals surface area contributed by atoms with Gasteiger partial charge in [-0.1, -0.05) is 6.07 Å². The molecule has 0 aliphatic carbocycles. The highest BCUT2D eigenvalue weighted by Crippen LogP contribution is 2.31. The van der Waals surface area contributed by atoms with E-state index in [1.54, 1.807) is 12.4 Å². The van der Waals surface area contributed by atoms with Crippen LogP contribution in [0.1, 0.15) is 11.1 Å². The SMILES string of the molecule is Cc1cnc(Nc2cccc(C(F)(F)F)c2)nc1. The van der Waals surface area contributed by atoms with Crippen LogP contribution in [0.25, 0.3) is 0 Å². The summed E-state index contributed by atoms with van der Waals surface area (Å²) in [4.78, 5) is 7.92. The topological polar surface area (TPSA) is 37.8 Å². The minimum Gasteiger partial charge on any atom is -0.324 e. The first-order valence-electron chi connectivity index (χ1n) is 5.18. The third kappa shape index (κ3) is 2.97. The van der Waals surface area contributed by atoms with E-state index in [0.717, 1.165) is 17.7 Å². The first-order chi connectivity index (χ1) is 8.45. The lowest BCUT2D eigenvalue weighted by atomic mass is 10.2. The zero-order valence-electron chi connectivity index (χ0n) is 9.49. The molecule has 2 rings (SSSR count). The number of hydrogen-bond donors (Lipinski definition) is 1. The quantitative estimate of drug-likeness (QED) is 0.889. The van der Waals surface area contributed by atoms with E-state index in [2.05, 4.69) is 15.3 Å². The number of aromatic nitrogens is 2. The van der Waals surface area contributed by atoms with Gasteiger partial charge in [-0.15, -0.1) is 0 Å². The van der Waals surface area contributed by atoms with Crippen LogP contribution < -0.4 is 5.32 Å². The molecule has 1 heterocycles. The number of alkyl halides is 3. The van der Waals surface area contributed by atoms with E-state index in [9.17, 15) is 13.2 Å². The summed E-state index contributed by atoms with van der Waals surface area (Å²) in [5, 5.41) is 2.72. The van der Waals surface area contributed by atoms with E-state index in [1.807, 2.05) is 6.92 Å². The average Bonchev–Trinajstić information content (AvgIpc) is 2.31. The van der Waals surface area contributed by atoms with Crippen LogP contribution in [-0.2, 0) is 6.18 Å². The van der Waals surface area contributed by atoms with Crippen LogP contribution in [0.5, 0.6) is 0 Å². The molecule has 1 aromatic carbocycles. The van der Waals surface area contributed by atoms with Gasteiger partial charge < -0.3 is 5.32 Å². The van der Waals surface area contributed by atoms with Crippen LogP contribution in [0, 0.1) is 6.92 Å². The summed E-state index contributed by atoms with van der Waals surface area (Å²) < 4.78 is 37.5. The van der Waals surface area contributed by atoms with E-state index in [1.165, 1.54) is 12.1 Å². The van der Waals surface area contributed by atoms with E-state index in [0.29, 0.717) is 5.69 Å². The van der Waals surface area contributed by atoms with Crippen molar-refractivity contribution >= 4 is 11.6 Å². The molecular weight excluding hydrogens is 243 g/mol. The number of halogens is 3. The smallest absolute Gasteiger partial charge is 0.324 e. The van der Waals surface area contributed by atoms with Crippen LogP contribution in [-0.4, -0.2) is 9.97 Å². The molecule has 0 unspecified atom stereocenters. The normalized spacial score (nSPS) is 11.3. The number of rotatable bonds is 2. The lowest BCUT2D eigenvalue weighted by Crippen LogP contribution is -2.05. The van der Waals surface area contributed by atoms with E-state index < -0.39 is 11.7 Å². The highest BCUT2D eigenvalue weighted by molar-refractivity contribution is 5.54. The number of hydrogen-bond acceptors (Lipinski definition) is 3. The molecule has 94 valence electrons. The van der Waals surface area contributed by atoms with E-state index in [4.69, 9.17) is 0 Å². The highest BCUT2D eigenvalue weighted by Gasteiger charge is 2.30. The van der Waals surface area contributed by atoms with Crippen molar-refractivity contribution in [3.8, 4) is 0 Å². The fraction of sp³-hybridized carbons (Fsp3) is 0.167. The molecule has 2 aromatic rings. The molecule has 3 nitrogen and oxygen atoms in total. The van der Waals surface area contributed by atoms with Crippen LogP contribution in [0.2, 0.25) is 0 Å². The van der Waals surface area contributed by atoms with Gasteiger partial charge in [0.15, 0.2) is 0 Å². The Labute approximate surface area is 102 Å². The third-order valence-corrected chi connectivity index (χ3v) is 2.23. The molecule has 0 radical (unpaired) electrons. The van der Waals surface area contributed by atoms with Crippen molar-refractivity contribution in [3.05, 3.63) is 47.8 Å². The van der Waals surface area contributed by atoms with Crippen molar-refractivity contribution in [2.45, 2.75) is 13.1 Å². The van der Waals surface area contributed by atoms with Gasteiger partial charge in [0.05, 0.1) is 5.56 Å². The Morgan fingerprint density at radius 1 is 1.11 bits per heavy atom. The first-order valence-corrected chi connectivity index (χ1v) is 5.18. The summed E-state index contributed by atoms with van der Waals surface area (Å²) in [7, 11) is 0. The third-order valence-electron chi connectivity index (χ3n) is 2.23. The zero-order valence-corrected chi connectivity index (χ0v) is 9.49. The summed E-state index contributed by atoms with van der Waals surface area (Å²) in [6.07, 6.45) is -1.18. The lowest BCUT2D eigenvalue weighted by molar-refractivity contribution is -0.137. The Balaban J connectivity index is 2.22. The van der Waals surface area contributed by atoms with Crippen molar-refractivity contribution in [1.29, 1.82) is 0 Å². The highest BCUT2D eigenvalue weighted by atomic mass is 19.4. The zero-order chi connectivity index (χ0) is 13.2. The van der Waals surface area contributed by atoms with Crippen molar-refractivity contribution < 1.29 is 13.2 Å². The maximum absolute atomic E-state index is 12.5. The number of anilines is 2. The minimum atomic E-state index is -4.36. The molecule has 0 saturated heterocycles. The second kappa shape index (κ2) is 4.64. The van der Waals surface area contributed by atoms with Gasteiger partial charge in [0.2, 0.25) is 5.95 Å². The van der Waals surface area contributed by atoms with Crippen LogP contribution in [0.4, 0.5) is 24.8 Å². The largest absolute Gasteiger partial charge is 0.416 e. The van der Waals surface area contributed by atoms with Gasteiger partial charge >= 0.3 is 6.18 Å². The molecule has 18 heavy (non-hydrogen) atoms. The number of nitrogens with zero attached hydrogens (tertiary/aromatic N) is 2. The summed E-state index contributed by atoms with van der Waals surface area (Å²) >= 11 is 0. The van der Waals surface area contributed by atoms with E-state index >= 15 is 0 Å². The summed E-state index contributed by atoms with van der Waals surface area (Å²) in [5.74, 6) is 0.264. The Morgan fingerprint density at radius 3 is 2.39 bits per heavy atom. The summed E-state index contributed by atoms with van der Waals surface area (Å²) in [6, 6.07) is 4.89. The van der Waals surface area contributed by atoms with E-state index in [-0.39, 0.29) is 5.95 Å². The molecule has 0 saturated carbocycles. The van der Waals surface area contributed by atoms with Gasteiger partial charge in [0.25, 0.3) is 0 Å². The number of benzene rings is 1. The van der Waals surface area contributed by atoms with Gasteiger partial charge in [-0.05, 0) is 30.7 Å². The second-order valence-electron chi connectivity index (χ2n) is 3.79. The molecular formula is C12H10F3N3. The molecule has 0 amide bonds. The molecule has 6 heteroatoms. The lowest BCUT2D eigenvalue weighted by Gasteiger charge is -2.09. The Kier molecular flexibility index (Phi) is 3.18. The molecule has 0 atom stereocenters. The molecule has 0 aliphatic rings. The summed E-state index contributed by atoms with van der Waals surface area (Å²) in [5.41, 5.74) is 0.470. The molecule has 0 aliphatic heterocycles. The Morgan fingerprint density at radius 2 is 1.78 bits per heavy atom.